The summed E-state index contributed by atoms with van der Waals surface area (Å²) in [5, 5.41) is 8.82. The van der Waals surface area contributed by atoms with Crippen LogP contribution < -0.4 is 0 Å². The molecule has 0 atom stereocenters. The number of carbonyl (C=O) groups excluding carboxylic acids is 1. The minimum Gasteiger partial charge on any atom is -0.465 e. The summed E-state index contributed by atoms with van der Waals surface area (Å²) in [4.78, 5) is 11.4. The first-order chi connectivity index (χ1) is 7.13. The van der Waals surface area contributed by atoms with Crippen LogP contribution in [0, 0.1) is 14.9 Å². The van der Waals surface area contributed by atoms with Crippen LogP contribution in [0.25, 0.3) is 0 Å². The highest BCUT2D eigenvalue weighted by atomic mass is 127. The molecular formula is C11H10INO2. The van der Waals surface area contributed by atoms with E-state index >= 15 is 0 Å². The molecule has 0 amide bonds. The SMILES string of the molecule is CCc1cc(C#N)cc(C(=O)OC)c1I. The first kappa shape index (κ1) is 12.0. The van der Waals surface area contributed by atoms with E-state index < -0.39 is 5.97 Å². The van der Waals surface area contributed by atoms with E-state index in [1.165, 1.54) is 7.11 Å². The van der Waals surface area contributed by atoms with Gasteiger partial charge in [0.25, 0.3) is 0 Å². The Morgan fingerprint density at radius 1 is 1.60 bits per heavy atom. The topological polar surface area (TPSA) is 50.1 Å². The molecule has 4 heteroatoms. The molecule has 0 aliphatic heterocycles. The van der Waals surface area contributed by atoms with Crippen LogP contribution in [-0.4, -0.2) is 13.1 Å². The van der Waals surface area contributed by atoms with Gasteiger partial charge in [0.2, 0.25) is 0 Å². The summed E-state index contributed by atoms with van der Waals surface area (Å²) in [5.41, 5.74) is 1.96. The van der Waals surface area contributed by atoms with E-state index in [-0.39, 0.29) is 0 Å². The Morgan fingerprint density at radius 2 is 2.27 bits per heavy atom. The van der Waals surface area contributed by atoms with Gasteiger partial charge >= 0.3 is 5.97 Å². The predicted molar refractivity (Wildman–Crippen MR) is 64.6 cm³/mol. The van der Waals surface area contributed by atoms with Crippen molar-refractivity contribution >= 4 is 28.6 Å². The van der Waals surface area contributed by atoms with Gasteiger partial charge in [-0.25, -0.2) is 4.79 Å². The number of rotatable bonds is 2. The number of nitrogens with zero attached hydrogens (tertiary/aromatic N) is 1. The Labute approximate surface area is 102 Å². The van der Waals surface area contributed by atoms with Crippen molar-refractivity contribution < 1.29 is 9.53 Å². The molecule has 0 saturated heterocycles. The molecule has 0 spiro atoms. The highest BCUT2D eigenvalue weighted by Crippen LogP contribution is 2.21. The van der Waals surface area contributed by atoms with E-state index in [0.717, 1.165) is 15.6 Å². The summed E-state index contributed by atoms with van der Waals surface area (Å²) in [6, 6.07) is 5.40. The molecule has 0 bridgehead atoms. The van der Waals surface area contributed by atoms with Gasteiger partial charge in [0.05, 0.1) is 24.3 Å². The Balaban J connectivity index is 3.38. The lowest BCUT2D eigenvalue weighted by Gasteiger charge is -2.07. The van der Waals surface area contributed by atoms with Crippen LogP contribution in [0.1, 0.15) is 28.4 Å². The number of ether oxygens (including phenoxy) is 1. The van der Waals surface area contributed by atoms with Crippen LogP contribution in [0.4, 0.5) is 0 Å². The van der Waals surface area contributed by atoms with Crippen molar-refractivity contribution in [3.63, 3.8) is 0 Å². The average molecular weight is 315 g/mol. The molecule has 15 heavy (non-hydrogen) atoms. The quantitative estimate of drug-likeness (QED) is 0.622. The smallest absolute Gasteiger partial charge is 0.338 e. The third kappa shape index (κ3) is 2.48. The maximum absolute atomic E-state index is 11.4. The van der Waals surface area contributed by atoms with Gasteiger partial charge in [0.15, 0.2) is 0 Å². The normalized spacial score (nSPS) is 9.47. The van der Waals surface area contributed by atoms with Crippen LogP contribution in [0.15, 0.2) is 12.1 Å². The van der Waals surface area contributed by atoms with Gasteiger partial charge in [-0.3, -0.25) is 0 Å². The van der Waals surface area contributed by atoms with Crippen LogP contribution in [-0.2, 0) is 11.2 Å². The summed E-state index contributed by atoms with van der Waals surface area (Å²) in [6.45, 7) is 1.99. The minimum atomic E-state index is -0.397. The summed E-state index contributed by atoms with van der Waals surface area (Å²) < 4.78 is 5.52. The number of hydrogen-bond donors (Lipinski definition) is 0. The molecule has 0 aliphatic rings. The number of halogens is 1. The lowest BCUT2D eigenvalue weighted by Crippen LogP contribution is -2.06. The fourth-order valence-electron chi connectivity index (χ4n) is 1.26. The Hall–Kier alpha value is -1.09. The zero-order valence-electron chi connectivity index (χ0n) is 8.50. The lowest BCUT2D eigenvalue weighted by molar-refractivity contribution is 0.0599. The van der Waals surface area contributed by atoms with Crippen molar-refractivity contribution in [2.24, 2.45) is 0 Å². The second-order valence-electron chi connectivity index (χ2n) is 2.95. The number of benzene rings is 1. The first-order valence-corrected chi connectivity index (χ1v) is 5.52. The van der Waals surface area contributed by atoms with E-state index in [9.17, 15) is 4.79 Å². The van der Waals surface area contributed by atoms with Crippen molar-refractivity contribution in [1.82, 2.24) is 0 Å². The number of hydrogen-bond acceptors (Lipinski definition) is 3. The molecule has 0 fully saturated rings. The molecule has 0 N–H and O–H groups in total. The second kappa shape index (κ2) is 5.12. The monoisotopic (exact) mass is 315 g/mol. The predicted octanol–water partition coefficient (Wildman–Crippen LogP) is 2.51. The lowest BCUT2D eigenvalue weighted by atomic mass is 10.0. The second-order valence-corrected chi connectivity index (χ2v) is 4.03. The summed E-state index contributed by atoms with van der Waals surface area (Å²) >= 11 is 2.10. The fourth-order valence-corrected chi connectivity index (χ4v) is 2.18. The molecule has 3 nitrogen and oxygen atoms in total. The van der Waals surface area contributed by atoms with Crippen molar-refractivity contribution in [3.8, 4) is 6.07 Å². The Kier molecular flexibility index (Phi) is 4.09. The zero-order chi connectivity index (χ0) is 11.4. The van der Waals surface area contributed by atoms with Crippen LogP contribution in [0.3, 0.4) is 0 Å². The first-order valence-electron chi connectivity index (χ1n) is 4.44. The molecular weight excluding hydrogens is 305 g/mol. The van der Waals surface area contributed by atoms with Gasteiger partial charge in [-0.05, 0) is 46.7 Å². The van der Waals surface area contributed by atoms with E-state index in [0.29, 0.717) is 11.1 Å². The average Bonchev–Trinajstić information content (AvgIpc) is 2.28. The number of aryl methyl sites for hydroxylation is 1. The summed E-state index contributed by atoms with van der Waals surface area (Å²) in [7, 11) is 1.34. The molecule has 0 aliphatic carbocycles. The molecule has 1 aromatic carbocycles. The maximum Gasteiger partial charge on any atom is 0.338 e. The van der Waals surface area contributed by atoms with Crippen molar-refractivity contribution in [3.05, 3.63) is 32.4 Å². The van der Waals surface area contributed by atoms with E-state index in [1.807, 2.05) is 13.0 Å². The molecule has 0 heterocycles. The fraction of sp³-hybridized carbons (Fsp3) is 0.273. The standard InChI is InChI=1S/C11H10INO2/c1-3-8-4-7(6-13)5-9(10(8)12)11(14)15-2/h4-5H,3H2,1-2H3. The van der Waals surface area contributed by atoms with E-state index in [1.54, 1.807) is 12.1 Å². The number of methoxy groups -OCH3 is 1. The highest BCUT2D eigenvalue weighted by Gasteiger charge is 2.14. The summed E-state index contributed by atoms with van der Waals surface area (Å²) in [6.07, 6.45) is 0.789. The highest BCUT2D eigenvalue weighted by molar-refractivity contribution is 14.1. The molecule has 0 unspecified atom stereocenters. The zero-order valence-corrected chi connectivity index (χ0v) is 10.7. The van der Waals surface area contributed by atoms with Gasteiger partial charge in [-0.1, -0.05) is 6.92 Å². The third-order valence-electron chi connectivity index (χ3n) is 2.06. The van der Waals surface area contributed by atoms with Crippen molar-refractivity contribution in [2.75, 3.05) is 7.11 Å². The largest absolute Gasteiger partial charge is 0.465 e. The number of carbonyl (C=O) groups is 1. The third-order valence-corrected chi connectivity index (χ3v) is 3.34. The van der Waals surface area contributed by atoms with Crippen molar-refractivity contribution in [1.29, 1.82) is 5.26 Å². The molecule has 0 saturated carbocycles. The van der Waals surface area contributed by atoms with Gasteiger partial charge < -0.3 is 4.74 Å². The van der Waals surface area contributed by atoms with Gasteiger partial charge in [0, 0.05) is 3.57 Å². The maximum atomic E-state index is 11.4. The van der Waals surface area contributed by atoms with E-state index in [4.69, 9.17) is 5.26 Å². The van der Waals surface area contributed by atoms with E-state index in [2.05, 4.69) is 27.3 Å². The molecule has 0 aromatic heterocycles. The van der Waals surface area contributed by atoms with Crippen LogP contribution in [0.5, 0.6) is 0 Å². The van der Waals surface area contributed by atoms with Crippen LogP contribution in [0.2, 0.25) is 0 Å². The van der Waals surface area contributed by atoms with Gasteiger partial charge in [-0.2, -0.15) is 5.26 Å². The van der Waals surface area contributed by atoms with Crippen LogP contribution >= 0.6 is 22.6 Å². The number of nitriles is 1. The summed E-state index contributed by atoms with van der Waals surface area (Å²) in [5.74, 6) is -0.397. The molecule has 1 aromatic rings. The minimum absolute atomic E-state index is 0.397. The van der Waals surface area contributed by atoms with Gasteiger partial charge in [-0.15, -0.1) is 0 Å². The van der Waals surface area contributed by atoms with Gasteiger partial charge in [0.1, 0.15) is 0 Å². The van der Waals surface area contributed by atoms with Crippen molar-refractivity contribution in [2.45, 2.75) is 13.3 Å². The number of esters is 1. The molecule has 0 radical (unpaired) electrons. The Morgan fingerprint density at radius 3 is 2.73 bits per heavy atom. The Bertz CT molecular complexity index is 435. The molecule has 78 valence electrons. The molecule has 1 rings (SSSR count).